The minimum atomic E-state index is 0.404. The van der Waals surface area contributed by atoms with E-state index in [2.05, 4.69) is 17.2 Å². The monoisotopic (exact) mass is 310 g/mol. The number of halogens is 2. The number of hydrogen-bond acceptors (Lipinski definition) is 3. The molecule has 0 radical (unpaired) electrons. The Morgan fingerprint density at radius 3 is 2.75 bits per heavy atom. The van der Waals surface area contributed by atoms with Crippen molar-refractivity contribution in [2.75, 3.05) is 11.9 Å². The quantitative estimate of drug-likeness (QED) is 0.833. The van der Waals surface area contributed by atoms with Gasteiger partial charge in [0.1, 0.15) is 23.2 Å². The molecule has 0 atom stereocenters. The van der Waals surface area contributed by atoms with Crippen LogP contribution in [0.4, 0.5) is 5.82 Å². The van der Waals surface area contributed by atoms with E-state index in [1.165, 1.54) is 0 Å². The van der Waals surface area contributed by atoms with E-state index in [1.807, 2.05) is 12.1 Å². The molecule has 0 amide bonds. The van der Waals surface area contributed by atoms with Crippen molar-refractivity contribution >= 4 is 29.0 Å². The summed E-state index contributed by atoms with van der Waals surface area (Å²) >= 11 is 12.0. The molecule has 106 valence electrons. The Balaban J connectivity index is 1.95. The second-order valence-electron chi connectivity index (χ2n) is 4.32. The summed E-state index contributed by atoms with van der Waals surface area (Å²) in [4.78, 5) is 4.32. The molecule has 0 aliphatic heterocycles. The molecule has 0 spiro atoms. The maximum absolute atomic E-state index is 6.06. The number of ether oxygens (including phenoxy) is 1. The number of aromatic nitrogens is 1. The van der Waals surface area contributed by atoms with E-state index in [0.29, 0.717) is 22.4 Å². The Hall–Kier alpha value is -1.45. The minimum Gasteiger partial charge on any atom is -0.487 e. The number of hydrogen-bond donors (Lipinski definition) is 1. The van der Waals surface area contributed by atoms with Gasteiger partial charge in [-0.3, -0.25) is 0 Å². The van der Waals surface area contributed by atoms with E-state index < -0.39 is 0 Å². The van der Waals surface area contributed by atoms with E-state index in [4.69, 9.17) is 27.9 Å². The highest BCUT2D eigenvalue weighted by atomic mass is 35.5. The van der Waals surface area contributed by atoms with Crippen molar-refractivity contribution in [2.24, 2.45) is 0 Å². The standard InChI is InChI=1S/C15H16Cl2N2O/c1-2-8-18-14-7-6-11(9-19-14)10-20-13-5-3-4-12(16)15(13)17/h3-7,9H,2,8,10H2,1H3,(H,18,19). The van der Waals surface area contributed by atoms with E-state index in [9.17, 15) is 0 Å². The van der Waals surface area contributed by atoms with Crippen molar-refractivity contribution in [1.29, 1.82) is 0 Å². The molecule has 0 saturated carbocycles. The number of nitrogens with one attached hydrogen (secondary N) is 1. The molecule has 0 fully saturated rings. The van der Waals surface area contributed by atoms with E-state index >= 15 is 0 Å². The van der Waals surface area contributed by atoms with Crippen LogP contribution in [-0.2, 0) is 6.61 Å². The molecule has 1 aromatic carbocycles. The largest absolute Gasteiger partial charge is 0.487 e. The summed E-state index contributed by atoms with van der Waals surface area (Å²) in [6, 6.07) is 9.24. The molecule has 0 aliphatic rings. The summed E-state index contributed by atoms with van der Waals surface area (Å²) in [6.45, 7) is 3.44. The molecule has 0 unspecified atom stereocenters. The lowest BCUT2D eigenvalue weighted by atomic mass is 10.3. The van der Waals surface area contributed by atoms with E-state index in [-0.39, 0.29) is 0 Å². The van der Waals surface area contributed by atoms with Gasteiger partial charge in [-0.05, 0) is 24.6 Å². The lowest BCUT2D eigenvalue weighted by Crippen LogP contribution is -2.02. The van der Waals surface area contributed by atoms with Gasteiger partial charge in [0.15, 0.2) is 0 Å². The fourth-order valence-corrected chi connectivity index (χ4v) is 1.97. The Morgan fingerprint density at radius 1 is 1.20 bits per heavy atom. The molecule has 5 heteroatoms. The number of anilines is 1. The zero-order chi connectivity index (χ0) is 14.4. The van der Waals surface area contributed by atoms with Crippen LogP contribution in [0.1, 0.15) is 18.9 Å². The highest BCUT2D eigenvalue weighted by Crippen LogP contribution is 2.31. The smallest absolute Gasteiger partial charge is 0.139 e. The van der Waals surface area contributed by atoms with Crippen molar-refractivity contribution in [3.05, 3.63) is 52.1 Å². The highest BCUT2D eigenvalue weighted by molar-refractivity contribution is 6.42. The Bertz CT molecular complexity index is 558. The maximum atomic E-state index is 6.06. The zero-order valence-electron chi connectivity index (χ0n) is 11.2. The molecular formula is C15H16Cl2N2O. The van der Waals surface area contributed by atoms with Crippen LogP contribution in [0.15, 0.2) is 36.5 Å². The van der Waals surface area contributed by atoms with Crippen LogP contribution in [0.2, 0.25) is 10.0 Å². The van der Waals surface area contributed by atoms with Gasteiger partial charge in [0.2, 0.25) is 0 Å². The summed E-state index contributed by atoms with van der Waals surface area (Å²) in [7, 11) is 0. The average molecular weight is 311 g/mol. The van der Waals surface area contributed by atoms with Crippen molar-refractivity contribution < 1.29 is 4.74 Å². The molecular weight excluding hydrogens is 295 g/mol. The van der Waals surface area contributed by atoms with Crippen LogP contribution in [0, 0.1) is 0 Å². The van der Waals surface area contributed by atoms with Gasteiger partial charge < -0.3 is 10.1 Å². The SMILES string of the molecule is CCCNc1ccc(COc2cccc(Cl)c2Cl)cn1. The third kappa shape index (κ3) is 4.02. The molecule has 3 nitrogen and oxygen atoms in total. The molecule has 1 heterocycles. The fourth-order valence-electron chi connectivity index (χ4n) is 1.62. The molecule has 2 rings (SSSR count). The lowest BCUT2D eigenvalue weighted by Gasteiger charge is -2.09. The number of pyridine rings is 1. The molecule has 0 bridgehead atoms. The maximum Gasteiger partial charge on any atom is 0.139 e. The summed E-state index contributed by atoms with van der Waals surface area (Å²) in [5.41, 5.74) is 0.975. The first-order chi connectivity index (χ1) is 9.70. The lowest BCUT2D eigenvalue weighted by molar-refractivity contribution is 0.306. The Labute approximate surface area is 128 Å². The third-order valence-electron chi connectivity index (χ3n) is 2.69. The fraction of sp³-hybridized carbons (Fsp3) is 0.267. The van der Waals surface area contributed by atoms with E-state index in [1.54, 1.807) is 24.4 Å². The molecule has 0 aliphatic carbocycles. The summed E-state index contributed by atoms with van der Waals surface area (Å²) < 4.78 is 5.65. The highest BCUT2D eigenvalue weighted by Gasteiger charge is 2.05. The van der Waals surface area contributed by atoms with Crippen LogP contribution in [0.3, 0.4) is 0 Å². The van der Waals surface area contributed by atoms with Crippen molar-refractivity contribution in [1.82, 2.24) is 4.98 Å². The zero-order valence-corrected chi connectivity index (χ0v) is 12.7. The van der Waals surface area contributed by atoms with Crippen LogP contribution in [-0.4, -0.2) is 11.5 Å². The van der Waals surface area contributed by atoms with Crippen molar-refractivity contribution in [3.63, 3.8) is 0 Å². The average Bonchev–Trinajstić information content (AvgIpc) is 2.48. The Morgan fingerprint density at radius 2 is 2.05 bits per heavy atom. The van der Waals surface area contributed by atoms with Gasteiger partial charge in [0, 0.05) is 18.3 Å². The van der Waals surface area contributed by atoms with Crippen LogP contribution < -0.4 is 10.1 Å². The van der Waals surface area contributed by atoms with Gasteiger partial charge in [0.05, 0.1) is 5.02 Å². The summed E-state index contributed by atoms with van der Waals surface area (Å²) in [6.07, 6.45) is 2.86. The first-order valence-electron chi connectivity index (χ1n) is 6.46. The van der Waals surface area contributed by atoms with Crippen molar-refractivity contribution in [3.8, 4) is 5.75 Å². The second-order valence-corrected chi connectivity index (χ2v) is 5.10. The van der Waals surface area contributed by atoms with Gasteiger partial charge in [0.25, 0.3) is 0 Å². The normalized spacial score (nSPS) is 10.3. The van der Waals surface area contributed by atoms with Crippen LogP contribution in [0.25, 0.3) is 0 Å². The van der Waals surface area contributed by atoms with Gasteiger partial charge in [-0.2, -0.15) is 0 Å². The van der Waals surface area contributed by atoms with Crippen molar-refractivity contribution in [2.45, 2.75) is 20.0 Å². The third-order valence-corrected chi connectivity index (χ3v) is 3.49. The summed E-state index contributed by atoms with van der Waals surface area (Å²) in [5.74, 6) is 1.45. The number of rotatable bonds is 6. The van der Waals surface area contributed by atoms with Gasteiger partial charge >= 0.3 is 0 Å². The van der Waals surface area contributed by atoms with E-state index in [0.717, 1.165) is 24.3 Å². The minimum absolute atomic E-state index is 0.404. The topological polar surface area (TPSA) is 34.1 Å². The molecule has 20 heavy (non-hydrogen) atoms. The van der Waals surface area contributed by atoms with Crippen LogP contribution in [0.5, 0.6) is 5.75 Å². The summed E-state index contributed by atoms with van der Waals surface area (Å²) in [5, 5.41) is 4.14. The van der Waals surface area contributed by atoms with Gasteiger partial charge in [-0.25, -0.2) is 4.98 Å². The van der Waals surface area contributed by atoms with Gasteiger partial charge in [-0.15, -0.1) is 0 Å². The molecule has 1 N–H and O–H groups in total. The molecule has 2 aromatic rings. The predicted octanol–water partition coefficient (Wildman–Crippen LogP) is 4.79. The number of benzene rings is 1. The molecule has 1 aromatic heterocycles. The molecule has 0 saturated heterocycles. The van der Waals surface area contributed by atoms with Crippen LogP contribution >= 0.6 is 23.2 Å². The first kappa shape index (κ1) is 14.9. The Kier molecular flexibility index (Phi) is 5.50. The second kappa shape index (κ2) is 7.36. The number of nitrogens with zero attached hydrogens (tertiary/aromatic N) is 1. The van der Waals surface area contributed by atoms with Gasteiger partial charge in [-0.1, -0.05) is 42.3 Å². The first-order valence-corrected chi connectivity index (χ1v) is 7.22. The predicted molar refractivity (Wildman–Crippen MR) is 83.8 cm³/mol.